The van der Waals surface area contributed by atoms with Crippen LogP contribution in [0.3, 0.4) is 0 Å². The number of piperidine rings is 1. The highest BCUT2D eigenvalue weighted by atomic mass is 19.1. The summed E-state index contributed by atoms with van der Waals surface area (Å²) in [6.45, 7) is 4.82. The molecule has 3 rings (SSSR count). The molecule has 2 aromatic carbocycles. The number of carbonyl (C=O) groups excluding carboxylic acids is 1. The summed E-state index contributed by atoms with van der Waals surface area (Å²) >= 11 is 0. The van der Waals surface area contributed by atoms with Gasteiger partial charge < -0.3 is 10.6 Å². The van der Waals surface area contributed by atoms with Crippen LogP contribution in [0.5, 0.6) is 0 Å². The molecule has 0 radical (unpaired) electrons. The Labute approximate surface area is 160 Å². The fraction of sp³-hybridized carbons (Fsp3) is 0.409. The monoisotopic (exact) mass is 369 g/mol. The van der Waals surface area contributed by atoms with Crippen molar-refractivity contribution in [2.75, 3.05) is 25.5 Å². The van der Waals surface area contributed by atoms with Crippen molar-refractivity contribution in [1.82, 2.24) is 10.2 Å². The number of carbonyl (C=O) groups is 1. The highest BCUT2D eigenvalue weighted by molar-refractivity contribution is 5.89. The standard InChI is InChI=1S/C22H28FN3O/c1-16-9-10-21(25-22(27)24-2)19(12-16)15-26-11-5-6-17(14-26)13-18-7-3-4-8-20(18)23/h3-4,7-10,12,17H,5-6,11,13-15H2,1-2H3,(H2,24,25,27). The van der Waals surface area contributed by atoms with Crippen LogP contribution in [-0.4, -0.2) is 31.1 Å². The molecule has 5 heteroatoms. The van der Waals surface area contributed by atoms with E-state index in [-0.39, 0.29) is 11.8 Å². The van der Waals surface area contributed by atoms with Crippen molar-refractivity contribution < 1.29 is 9.18 Å². The molecule has 0 spiro atoms. The maximum atomic E-state index is 14.0. The Hall–Kier alpha value is -2.40. The second-order valence-corrected chi connectivity index (χ2v) is 7.40. The molecular weight excluding hydrogens is 341 g/mol. The number of urea groups is 1. The first-order valence-corrected chi connectivity index (χ1v) is 9.59. The number of benzene rings is 2. The van der Waals surface area contributed by atoms with Crippen LogP contribution < -0.4 is 10.6 Å². The molecule has 1 atom stereocenters. The van der Waals surface area contributed by atoms with Gasteiger partial charge in [0.2, 0.25) is 0 Å². The normalized spacial score (nSPS) is 17.5. The van der Waals surface area contributed by atoms with E-state index in [1.165, 1.54) is 5.56 Å². The lowest BCUT2D eigenvalue weighted by atomic mass is 9.90. The van der Waals surface area contributed by atoms with Crippen molar-refractivity contribution >= 4 is 11.7 Å². The van der Waals surface area contributed by atoms with Crippen LogP contribution >= 0.6 is 0 Å². The molecule has 0 aliphatic carbocycles. The number of nitrogens with one attached hydrogen (secondary N) is 2. The van der Waals surface area contributed by atoms with Gasteiger partial charge in [0, 0.05) is 25.8 Å². The van der Waals surface area contributed by atoms with Gasteiger partial charge in [0.1, 0.15) is 5.82 Å². The molecule has 1 aliphatic rings. The Balaban J connectivity index is 1.68. The van der Waals surface area contributed by atoms with Gasteiger partial charge in [-0.2, -0.15) is 0 Å². The molecule has 0 saturated carbocycles. The van der Waals surface area contributed by atoms with Crippen LogP contribution in [0.25, 0.3) is 0 Å². The Morgan fingerprint density at radius 1 is 1.22 bits per heavy atom. The third-order valence-corrected chi connectivity index (χ3v) is 5.20. The van der Waals surface area contributed by atoms with Gasteiger partial charge in [0.05, 0.1) is 0 Å². The maximum absolute atomic E-state index is 14.0. The summed E-state index contributed by atoms with van der Waals surface area (Å²) < 4.78 is 14.0. The summed E-state index contributed by atoms with van der Waals surface area (Å²) in [5, 5.41) is 5.51. The van der Waals surface area contributed by atoms with Gasteiger partial charge in [-0.15, -0.1) is 0 Å². The number of amides is 2. The van der Waals surface area contributed by atoms with Gasteiger partial charge in [0.15, 0.2) is 0 Å². The molecule has 2 amide bonds. The Bertz CT molecular complexity index is 793. The van der Waals surface area contributed by atoms with Gasteiger partial charge in [-0.05, 0) is 61.9 Å². The molecule has 1 aliphatic heterocycles. The number of hydrogen-bond donors (Lipinski definition) is 2. The van der Waals surface area contributed by atoms with Crippen LogP contribution in [0.4, 0.5) is 14.9 Å². The largest absolute Gasteiger partial charge is 0.341 e. The number of nitrogens with zero attached hydrogens (tertiary/aromatic N) is 1. The third-order valence-electron chi connectivity index (χ3n) is 5.20. The lowest BCUT2D eigenvalue weighted by Crippen LogP contribution is -2.36. The van der Waals surface area contributed by atoms with Crippen LogP contribution in [-0.2, 0) is 13.0 Å². The summed E-state index contributed by atoms with van der Waals surface area (Å²) in [7, 11) is 1.61. The van der Waals surface area contributed by atoms with Crippen LogP contribution in [0, 0.1) is 18.7 Å². The van der Waals surface area contributed by atoms with E-state index >= 15 is 0 Å². The van der Waals surface area contributed by atoms with E-state index in [0.717, 1.165) is 55.7 Å². The molecule has 1 saturated heterocycles. The topological polar surface area (TPSA) is 44.4 Å². The van der Waals surface area contributed by atoms with Gasteiger partial charge in [-0.3, -0.25) is 4.90 Å². The molecule has 144 valence electrons. The second-order valence-electron chi connectivity index (χ2n) is 7.40. The molecular formula is C22H28FN3O. The van der Waals surface area contributed by atoms with Gasteiger partial charge in [-0.25, -0.2) is 9.18 Å². The Morgan fingerprint density at radius 3 is 2.81 bits per heavy atom. The molecule has 0 bridgehead atoms. The van der Waals surface area contributed by atoms with Crippen molar-refractivity contribution in [2.24, 2.45) is 5.92 Å². The van der Waals surface area contributed by atoms with Crippen molar-refractivity contribution in [3.63, 3.8) is 0 Å². The van der Waals surface area contributed by atoms with E-state index in [1.54, 1.807) is 19.2 Å². The molecule has 2 N–H and O–H groups in total. The van der Waals surface area contributed by atoms with Gasteiger partial charge in [-0.1, -0.05) is 35.9 Å². The fourth-order valence-electron chi connectivity index (χ4n) is 3.84. The molecule has 27 heavy (non-hydrogen) atoms. The number of aryl methyl sites for hydroxylation is 1. The summed E-state index contributed by atoms with van der Waals surface area (Å²) in [6.07, 6.45) is 3.02. The van der Waals surface area contributed by atoms with Crippen molar-refractivity contribution in [1.29, 1.82) is 0 Å². The highest BCUT2D eigenvalue weighted by Gasteiger charge is 2.22. The summed E-state index contributed by atoms with van der Waals surface area (Å²) in [5.74, 6) is 0.348. The predicted octanol–water partition coefficient (Wildman–Crippen LogP) is 4.34. The van der Waals surface area contributed by atoms with Crippen LogP contribution in [0.15, 0.2) is 42.5 Å². The van der Waals surface area contributed by atoms with E-state index < -0.39 is 0 Å². The fourth-order valence-corrected chi connectivity index (χ4v) is 3.84. The molecule has 4 nitrogen and oxygen atoms in total. The van der Waals surface area contributed by atoms with Crippen LogP contribution in [0.2, 0.25) is 0 Å². The van der Waals surface area contributed by atoms with Crippen molar-refractivity contribution in [3.05, 3.63) is 65.0 Å². The number of likely N-dealkylation sites (tertiary alicyclic amines) is 1. The van der Waals surface area contributed by atoms with E-state index in [2.05, 4.69) is 28.5 Å². The zero-order valence-electron chi connectivity index (χ0n) is 16.1. The average Bonchev–Trinajstić information content (AvgIpc) is 2.66. The van der Waals surface area contributed by atoms with Crippen molar-refractivity contribution in [2.45, 2.75) is 32.7 Å². The number of anilines is 1. The average molecular weight is 369 g/mol. The minimum Gasteiger partial charge on any atom is -0.341 e. The van der Waals surface area contributed by atoms with Gasteiger partial charge >= 0.3 is 6.03 Å². The molecule has 1 unspecified atom stereocenters. The quantitative estimate of drug-likeness (QED) is 0.823. The minimum absolute atomic E-state index is 0.106. The molecule has 1 heterocycles. The minimum atomic E-state index is -0.212. The van der Waals surface area contributed by atoms with E-state index in [1.807, 2.05) is 24.3 Å². The smallest absolute Gasteiger partial charge is 0.318 e. The van der Waals surface area contributed by atoms with Crippen molar-refractivity contribution in [3.8, 4) is 0 Å². The lowest BCUT2D eigenvalue weighted by molar-refractivity contribution is 0.166. The third kappa shape index (κ3) is 5.30. The zero-order chi connectivity index (χ0) is 19.2. The SMILES string of the molecule is CNC(=O)Nc1ccc(C)cc1CN1CCCC(Cc2ccccc2F)C1. The number of rotatable bonds is 5. The van der Waals surface area contributed by atoms with Crippen LogP contribution in [0.1, 0.15) is 29.5 Å². The summed E-state index contributed by atoms with van der Waals surface area (Å²) in [6, 6.07) is 13.0. The van der Waals surface area contributed by atoms with E-state index in [9.17, 15) is 9.18 Å². The highest BCUT2D eigenvalue weighted by Crippen LogP contribution is 2.26. The van der Waals surface area contributed by atoms with E-state index in [4.69, 9.17) is 0 Å². The molecule has 1 fully saturated rings. The number of halogens is 1. The maximum Gasteiger partial charge on any atom is 0.318 e. The first kappa shape index (κ1) is 19.4. The Kier molecular flexibility index (Phi) is 6.45. The first-order chi connectivity index (χ1) is 13.0. The number of hydrogen-bond acceptors (Lipinski definition) is 2. The molecule has 0 aromatic heterocycles. The lowest BCUT2D eigenvalue weighted by Gasteiger charge is -2.33. The predicted molar refractivity (Wildman–Crippen MR) is 107 cm³/mol. The van der Waals surface area contributed by atoms with Gasteiger partial charge in [0.25, 0.3) is 0 Å². The summed E-state index contributed by atoms with van der Waals surface area (Å²) in [5.41, 5.74) is 3.94. The molecule has 2 aromatic rings. The second kappa shape index (κ2) is 9.00. The Morgan fingerprint density at radius 2 is 2.04 bits per heavy atom. The summed E-state index contributed by atoms with van der Waals surface area (Å²) in [4.78, 5) is 14.1. The first-order valence-electron chi connectivity index (χ1n) is 9.59. The zero-order valence-corrected chi connectivity index (χ0v) is 16.1. The van der Waals surface area contributed by atoms with E-state index in [0.29, 0.717) is 5.92 Å².